The smallest absolute Gasteiger partial charge is 0.308 e. The van der Waals surface area contributed by atoms with E-state index in [-0.39, 0.29) is 53.2 Å². The summed E-state index contributed by atoms with van der Waals surface area (Å²) in [6, 6.07) is 0. The van der Waals surface area contributed by atoms with E-state index in [2.05, 4.69) is 19.9 Å². The van der Waals surface area contributed by atoms with E-state index in [4.69, 9.17) is 14.2 Å². The second kappa shape index (κ2) is 9.63. The average molecular weight is 541 g/mol. The summed E-state index contributed by atoms with van der Waals surface area (Å²) in [5.74, 6) is -0.439. The summed E-state index contributed by atoms with van der Waals surface area (Å²) in [5, 5.41) is 11.9. The van der Waals surface area contributed by atoms with E-state index in [0.29, 0.717) is 19.3 Å². The number of ether oxygens (including phenoxy) is 3. The lowest BCUT2D eigenvalue weighted by molar-refractivity contribution is -0.208. The number of Topliss-reactive ketones (excluding diaryl/α,β-unsaturated/α-hetero) is 1. The number of ketones is 2. The van der Waals surface area contributed by atoms with Crippen molar-refractivity contribution in [3.63, 3.8) is 0 Å². The number of carbonyl (C=O) groups is 3. The Hall–Kier alpha value is -1.83. The Balaban J connectivity index is 1.36. The van der Waals surface area contributed by atoms with Gasteiger partial charge in [-0.3, -0.25) is 14.4 Å². The number of hydrogen-bond donors (Lipinski definition) is 1. The maximum Gasteiger partial charge on any atom is 0.308 e. The van der Waals surface area contributed by atoms with Crippen molar-refractivity contribution in [1.29, 1.82) is 0 Å². The van der Waals surface area contributed by atoms with Gasteiger partial charge in [0.15, 0.2) is 24.3 Å². The molecule has 1 saturated heterocycles. The summed E-state index contributed by atoms with van der Waals surface area (Å²) in [6.45, 7) is 7.43. The number of carbonyl (C=O) groups excluding carboxylic acids is 3. The largest absolute Gasteiger partial charge is 0.457 e. The minimum absolute atomic E-state index is 0.0428. The van der Waals surface area contributed by atoms with Crippen LogP contribution in [0.3, 0.4) is 0 Å². The molecule has 6 rings (SSSR count). The van der Waals surface area contributed by atoms with Gasteiger partial charge in [0.1, 0.15) is 0 Å². The molecule has 6 aliphatic rings. The van der Waals surface area contributed by atoms with Crippen LogP contribution in [0.15, 0.2) is 23.8 Å². The molecule has 7 nitrogen and oxygen atoms in total. The fraction of sp³-hybridized carbons (Fsp3) is 0.781. The van der Waals surface area contributed by atoms with Crippen LogP contribution in [0.1, 0.15) is 85.5 Å². The second-order valence-corrected chi connectivity index (χ2v) is 13.9. The number of rotatable bonds is 5. The summed E-state index contributed by atoms with van der Waals surface area (Å²) >= 11 is 0. The maximum absolute atomic E-state index is 14.2. The summed E-state index contributed by atoms with van der Waals surface area (Å²) in [5.41, 5.74) is -1.20. The number of hydrogen-bond acceptors (Lipinski definition) is 7. The minimum Gasteiger partial charge on any atom is -0.457 e. The highest BCUT2D eigenvalue weighted by Gasteiger charge is 2.76. The molecule has 0 aromatic rings. The molecule has 0 radical (unpaired) electrons. The van der Waals surface area contributed by atoms with Crippen LogP contribution in [0.25, 0.3) is 0 Å². The average Bonchev–Trinajstić information content (AvgIpc) is 3.41. The number of aliphatic hydroxyl groups excluding tert-OH is 1. The van der Waals surface area contributed by atoms with E-state index in [0.717, 1.165) is 37.7 Å². The summed E-state index contributed by atoms with van der Waals surface area (Å²) in [6.07, 6.45) is 12.1. The van der Waals surface area contributed by atoms with Crippen molar-refractivity contribution in [3.8, 4) is 0 Å². The van der Waals surface area contributed by atoms with Crippen LogP contribution in [0.4, 0.5) is 0 Å². The van der Waals surface area contributed by atoms with Gasteiger partial charge in [-0.15, -0.1) is 0 Å². The highest BCUT2D eigenvalue weighted by atomic mass is 16.7. The quantitative estimate of drug-likeness (QED) is 0.398. The Morgan fingerprint density at radius 1 is 1.18 bits per heavy atom. The second-order valence-electron chi connectivity index (χ2n) is 13.9. The first-order chi connectivity index (χ1) is 18.5. The van der Waals surface area contributed by atoms with Gasteiger partial charge in [-0.2, -0.15) is 0 Å². The molecule has 0 amide bonds. The molecule has 0 bridgehead atoms. The lowest BCUT2D eigenvalue weighted by Crippen LogP contribution is -2.63. The predicted octanol–water partition coefficient (Wildman–Crippen LogP) is 4.70. The molecule has 4 fully saturated rings. The molecular formula is C32H44O7. The van der Waals surface area contributed by atoms with Gasteiger partial charge >= 0.3 is 5.97 Å². The highest BCUT2D eigenvalue weighted by molar-refractivity contribution is 5.94. The van der Waals surface area contributed by atoms with Gasteiger partial charge in [-0.1, -0.05) is 64.7 Å². The van der Waals surface area contributed by atoms with E-state index >= 15 is 0 Å². The molecule has 3 saturated carbocycles. The maximum atomic E-state index is 14.2. The third-order valence-corrected chi connectivity index (χ3v) is 11.5. The fourth-order valence-corrected chi connectivity index (χ4v) is 9.53. The lowest BCUT2D eigenvalue weighted by atomic mass is 9.47. The fourth-order valence-electron chi connectivity index (χ4n) is 9.53. The molecular weight excluding hydrogens is 496 g/mol. The van der Waals surface area contributed by atoms with E-state index < -0.39 is 35.5 Å². The standard InChI is InChI=1S/C32H44O7/c1-18(2)28(36)37-17-25(35)32-26(38-29(39-32)19-8-6-5-7-9-19)15-23-22-11-10-20-14-21(33)12-13-30(20,3)27(22)24(34)16-31(23,32)4/h10,12-13,18-19,22-24,26-27,29,34H,5-9,11,14-17H2,1-4H3/t22-,23-,24-,26?,27+,29+,30-,31-,32+/m0/s1. The normalized spacial score (nSPS) is 45.3. The van der Waals surface area contributed by atoms with Crippen molar-refractivity contribution < 1.29 is 33.7 Å². The highest BCUT2D eigenvalue weighted by Crippen LogP contribution is 2.69. The molecule has 39 heavy (non-hydrogen) atoms. The Labute approximate surface area is 231 Å². The van der Waals surface area contributed by atoms with Crippen molar-refractivity contribution in [1.82, 2.24) is 0 Å². The van der Waals surface area contributed by atoms with E-state index in [9.17, 15) is 19.5 Å². The van der Waals surface area contributed by atoms with Gasteiger partial charge in [-0.05, 0) is 50.0 Å². The zero-order valence-electron chi connectivity index (χ0n) is 23.8. The van der Waals surface area contributed by atoms with Crippen molar-refractivity contribution >= 4 is 17.5 Å². The summed E-state index contributed by atoms with van der Waals surface area (Å²) < 4.78 is 19.0. The zero-order chi connectivity index (χ0) is 27.7. The minimum atomic E-state index is -1.26. The summed E-state index contributed by atoms with van der Waals surface area (Å²) in [4.78, 5) is 38.8. The first-order valence-electron chi connectivity index (χ1n) is 15.1. The predicted molar refractivity (Wildman–Crippen MR) is 143 cm³/mol. The molecule has 0 aromatic heterocycles. The van der Waals surface area contributed by atoms with Crippen LogP contribution >= 0.6 is 0 Å². The van der Waals surface area contributed by atoms with Crippen molar-refractivity contribution in [2.75, 3.05) is 6.61 Å². The SMILES string of the molecule is CC(C)C(=O)OCC(=O)[C@@]12O[C@H](C3CCCCC3)OC1C[C@H]1[C@@H]3CC=C4CC(=O)C=C[C@]4(C)[C@H]3[C@@H](O)C[C@@]12C. The molecule has 1 aliphatic heterocycles. The summed E-state index contributed by atoms with van der Waals surface area (Å²) in [7, 11) is 0. The van der Waals surface area contributed by atoms with Crippen LogP contribution in [-0.4, -0.2) is 53.3 Å². The molecule has 0 aromatic carbocycles. The van der Waals surface area contributed by atoms with Gasteiger partial charge in [-0.25, -0.2) is 0 Å². The Kier molecular flexibility index (Phi) is 6.75. The van der Waals surface area contributed by atoms with Crippen molar-refractivity contribution in [2.45, 2.75) is 110 Å². The van der Waals surface area contributed by atoms with Crippen molar-refractivity contribution in [2.24, 2.45) is 40.4 Å². The Morgan fingerprint density at radius 3 is 2.64 bits per heavy atom. The number of aliphatic hydroxyl groups is 1. The topological polar surface area (TPSA) is 99.1 Å². The molecule has 1 unspecified atom stereocenters. The van der Waals surface area contributed by atoms with Crippen LogP contribution in [0.2, 0.25) is 0 Å². The molecule has 9 atom stereocenters. The molecule has 5 aliphatic carbocycles. The molecule has 7 heteroatoms. The van der Waals surface area contributed by atoms with Crippen LogP contribution in [0.5, 0.6) is 0 Å². The molecule has 0 spiro atoms. The molecule has 1 N–H and O–H groups in total. The van der Waals surface area contributed by atoms with Crippen LogP contribution < -0.4 is 0 Å². The first kappa shape index (κ1) is 27.3. The number of fused-ring (bicyclic) bond motifs is 7. The van der Waals surface area contributed by atoms with Crippen LogP contribution in [0, 0.1) is 40.4 Å². The van der Waals surface area contributed by atoms with Gasteiger partial charge in [0.25, 0.3) is 0 Å². The Bertz CT molecular complexity index is 1100. The zero-order valence-corrected chi connectivity index (χ0v) is 23.8. The lowest BCUT2D eigenvalue weighted by Gasteiger charge is -2.59. The van der Waals surface area contributed by atoms with Gasteiger partial charge in [0.2, 0.25) is 5.78 Å². The van der Waals surface area contributed by atoms with Gasteiger partial charge in [0, 0.05) is 29.1 Å². The number of allylic oxidation sites excluding steroid dienone is 4. The first-order valence-corrected chi connectivity index (χ1v) is 15.1. The molecule has 1 heterocycles. The third-order valence-electron chi connectivity index (χ3n) is 11.5. The van der Waals surface area contributed by atoms with Crippen molar-refractivity contribution in [3.05, 3.63) is 23.8 Å². The van der Waals surface area contributed by atoms with E-state index in [1.807, 2.05) is 6.08 Å². The Morgan fingerprint density at radius 2 is 1.92 bits per heavy atom. The number of esters is 1. The van der Waals surface area contributed by atoms with Gasteiger partial charge < -0.3 is 19.3 Å². The monoisotopic (exact) mass is 540 g/mol. The van der Waals surface area contributed by atoms with E-state index in [1.54, 1.807) is 19.9 Å². The molecule has 214 valence electrons. The van der Waals surface area contributed by atoms with Crippen LogP contribution in [-0.2, 0) is 28.6 Å². The van der Waals surface area contributed by atoms with Gasteiger partial charge in [0.05, 0.1) is 18.1 Å². The third kappa shape index (κ3) is 3.97. The van der Waals surface area contributed by atoms with E-state index in [1.165, 1.54) is 6.42 Å².